The van der Waals surface area contributed by atoms with Gasteiger partial charge in [0.2, 0.25) is 0 Å². The lowest BCUT2D eigenvalue weighted by molar-refractivity contribution is 0.102. The maximum atomic E-state index is 12.7. The van der Waals surface area contributed by atoms with Crippen molar-refractivity contribution in [2.45, 2.75) is 4.90 Å². The van der Waals surface area contributed by atoms with Crippen molar-refractivity contribution in [1.82, 2.24) is 4.98 Å². The van der Waals surface area contributed by atoms with E-state index in [1.54, 1.807) is 48.8 Å². The predicted molar refractivity (Wildman–Crippen MR) is 110 cm³/mol. The van der Waals surface area contributed by atoms with Crippen molar-refractivity contribution in [3.63, 3.8) is 0 Å². The van der Waals surface area contributed by atoms with Gasteiger partial charge in [-0.25, -0.2) is 8.42 Å². The Labute approximate surface area is 170 Å². The summed E-state index contributed by atoms with van der Waals surface area (Å²) in [5.74, 6) is 0.160. The number of aromatic nitrogens is 1. The van der Waals surface area contributed by atoms with Gasteiger partial charge in [-0.3, -0.25) is 14.5 Å². The molecule has 2 aromatic carbocycles. The van der Waals surface area contributed by atoms with Crippen LogP contribution in [0.5, 0.6) is 5.75 Å². The van der Waals surface area contributed by atoms with Gasteiger partial charge in [-0.15, -0.1) is 0 Å². The van der Waals surface area contributed by atoms with Gasteiger partial charge in [0.05, 0.1) is 22.2 Å². The Kier molecular flexibility index (Phi) is 5.96. The molecule has 0 fully saturated rings. The molecule has 0 radical (unpaired) electrons. The molecule has 1 aromatic heterocycles. The fraction of sp³-hybridized carbons (Fsp3) is 0.0526. The van der Waals surface area contributed by atoms with Gasteiger partial charge < -0.3 is 10.1 Å². The quantitative estimate of drug-likeness (QED) is 0.579. The number of hydrogen-bond acceptors (Lipinski definition) is 5. The number of ether oxygens (including phenoxy) is 1. The lowest BCUT2D eigenvalue weighted by Gasteiger charge is -2.11. The fourth-order valence-corrected chi connectivity index (χ4v) is 4.02. The van der Waals surface area contributed by atoms with Crippen LogP contribution in [0.3, 0.4) is 0 Å². The van der Waals surface area contributed by atoms with E-state index in [1.807, 2.05) is 0 Å². The van der Waals surface area contributed by atoms with Crippen LogP contribution in [0.4, 0.5) is 11.4 Å². The highest BCUT2D eigenvalue weighted by Crippen LogP contribution is 2.29. The van der Waals surface area contributed by atoms with Crippen molar-refractivity contribution in [3.8, 4) is 5.75 Å². The van der Waals surface area contributed by atoms with Crippen LogP contribution in [0, 0.1) is 0 Å². The number of amides is 1. The first kappa shape index (κ1) is 19.8. The molecule has 0 bridgehead atoms. The summed E-state index contributed by atoms with van der Waals surface area (Å²) in [4.78, 5) is 16.3. The third-order valence-electron chi connectivity index (χ3n) is 3.75. The van der Waals surface area contributed by atoms with E-state index in [4.69, 9.17) is 4.74 Å². The Hall–Kier alpha value is -2.91. The lowest BCUT2D eigenvalue weighted by atomic mass is 10.2. The van der Waals surface area contributed by atoms with Crippen LogP contribution in [-0.2, 0) is 10.0 Å². The van der Waals surface area contributed by atoms with Crippen LogP contribution in [0.25, 0.3) is 0 Å². The summed E-state index contributed by atoms with van der Waals surface area (Å²) < 4.78 is 33.6. The lowest BCUT2D eigenvalue weighted by Crippen LogP contribution is -2.16. The SMILES string of the molecule is COc1ccc(NS(=O)(=O)c2cccc(C(=O)Nc3ccncc3)c2)cc1Br. The Bertz CT molecular complexity index is 1110. The molecule has 9 heteroatoms. The van der Waals surface area contributed by atoms with E-state index in [9.17, 15) is 13.2 Å². The number of rotatable bonds is 6. The van der Waals surface area contributed by atoms with Gasteiger partial charge in [0.15, 0.2) is 0 Å². The molecule has 1 amide bonds. The first-order valence-corrected chi connectivity index (χ1v) is 10.3. The Balaban J connectivity index is 1.82. The van der Waals surface area contributed by atoms with Crippen LogP contribution in [0.2, 0.25) is 0 Å². The van der Waals surface area contributed by atoms with Crippen LogP contribution in [0.15, 0.2) is 76.4 Å². The summed E-state index contributed by atoms with van der Waals surface area (Å²) in [6, 6.07) is 13.9. The summed E-state index contributed by atoms with van der Waals surface area (Å²) in [6.07, 6.45) is 3.10. The van der Waals surface area contributed by atoms with E-state index in [0.29, 0.717) is 21.6 Å². The third kappa shape index (κ3) is 4.68. The number of sulfonamides is 1. The molecular weight excluding hydrogens is 446 g/mol. The van der Waals surface area contributed by atoms with E-state index in [2.05, 4.69) is 31.0 Å². The summed E-state index contributed by atoms with van der Waals surface area (Å²) in [5.41, 5.74) is 1.14. The van der Waals surface area contributed by atoms with Crippen LogP contribution in [0.1, 0.15) is 10.4 Å². The highest BCUT2D eigenvalue weighted by molar-refractivity contribution is 9.10. The van der Waals surface area contributed by atoms with E-state index in [1.165, 1.54) is 25.3 Å². The summed E-state index contributed by atoms with van der Waals surface area (Å²) >= 11 is 3.32. The number of carbonyl (C=O) groups excluding carboxylic acids is 1. The molecule has 3 rings (SSSR count). The molecule has 1 heterocycles. The first-order valence-electron chi connectivity index (χ1n) is 8.07. The normalized spacial score (nSPS) is 10.9. The summed E-state index contributed by atoms with van der Waals surface area (Å²) in [5, 5.41) is 2.69. The average molecular weight is 462 g/mol. The number of pyridine rings is 1. The van der Waals surface area contributed by atoms with E-state index >= 15 is 0 Å². The van der Waals surface area contributed by atoms with Crippen molar-refractivity contribution in [2.75, 3.05) is 17.1 Å². The van der Waals surface area contributed by atoms with Crippen molar-refractivity contribution < 1.29 is 17.9 Å². The average Bonchev–Trinajstić information content (AvgIpc) is 2.69. The number of nitrogens with zero attached hydrogens (tertiary/aromatic N) is 1. The molecule has 0 aliphatic carbocycles. The maximum absolute atomic E-state index is 12.7. The minimum absolute atomic E-state index is 0.0261. The topological polar surface area (TPSA) is 97.4 Å². The highest BCUT2D eigenvalue weighted by Gasteiger charge is 2.17. The second kappa shape index (κ2) is 8.41. The van der Waals surface area contributed by atoms with Gasteiger partial charge in [-0.1, -0.05) is 6.07 Å². The number of nitrogens with one attached hydrogen (secondary N) is 2. The second-order valence-corrected chi connectivity index (χ2v) is 8.21. The third-order valence-corrected chi connectivity index (χ3v) is 5.75. The smallest absolute Gasteiger partial charge is 0.261 e. The molecule has 0 atom stereocenters. The fourth-order valence-electron chi connectivity index (χ4n) is 2.39. The van der Waals surface area contributed by atoms with E-state index in [0.717, 1.165) is 0 Å². The highest BCUT2D eigenvalue weighted by atomic mass is 79.9. The molecule has 3 aromatic rings. The monoisotopic (exact) mass is 461 g/mol. The molecule has 7 nitrogen and oxygen atoms in total. The van der Waals surface area contributed by atoms with Crippen molar-refractivity contribution in [3.05, 3.63) is 77.0 Å². The molecule has 0 spiro atoms. The van der Waals surface area contributed by atoms with Gasteiger partial charge in [0.25, 0.3) is 15.9 Å². The van der Waals surface area contributed by atoms with E-state index in [-0.39, 0.29) is 10.5 Å². The zero-order chi connectivity index (χ0) is 20.1. The predicted octanol–water partition coefficient (Wildman–Crippen LogP) is 3.91. The largest absolute Gasteiger partial charge is 0.496 e. The number of anilines is 2. The standard InChI is InChI=1S/C19H16BrN3O4S/c1-27-18-6-5-15(12-17(18)20)23-28(25,26)16-4-2-3-13(11-16)19(24)22-14-7-9-21-10-8-14/h2-12,23H,1H3,(H,21,22,24). The number of benzene rings is 2. The van der Waals surface area contributed by atoms with Crippen molar-refractivity contribution in [2.24, 2.45) is 0 Å². The van der Waals surface area contributed by atoms with E-state index < -0.39 is 15.9 Å². The van der Waals surface area contributed by atoms with Gasteiger partial charge in [-0.2, -0.15) is 0 Å². The number of halogens is 1. The molecule has 0 unspecified atom stereocenters. The molecule has 0 aliphatic heterocycles. The minimum atomic E-state index is -3.88. The van der Waals surface area contributed by atoms with Crippen LogP contribution in [-0.4, -0.2) is 26.4 Å². The maximum Gasteiger partial charge on any atom is 0.261 e. The number of hydrogen-bond donors (Lipinski definition) is 2. The van der Waals surface area contributed by atoms with Gasteiger partial charge in [-0.05, 0) is 64.5 Å². The minimum Gasteiger partial charge on any atom is -0.496 e. The summed E-state index contributed by atoms with van der Waals surface area (Å²) in [7, 11) is -2.36. The molecule has 144 valence electrons. The Morgan fingerprint density at radius 1 is 1.04 bits per heavy atom. The van der Waals surface area contributed by atoms with Crippen LogP contribution < -0.4 is 14.8 Å². The molecule has 0 saturated carbocycles. The Morgan fingerprint density at radius 2 is 1.79 bits per heavy atom. The van der Waals surface area contributed by atoms with Crippen LogP contribution >= 0.6 is 15.9 Å². The second-order valence-electron chi connectivity index (χ2n) is 5.67. The molecular formula is C19H16BrN3O4S. The van der Waals surface area contributed by atoms with Crippen molar-refractivity contribution in [1.29, 1.82) is 0 Å². The summed E-state index contributed by atoms with van der Waals surface area (Å²) in [6.45, 7) is 0. The molecule has 0 aliphatic rings. The number of methoxy groups -OCH3 is 1. The van der Waals surface area contributed by atoms with Gasteiger partial charge >= 0.3 is 0 Å². The first-order chi connectivity index (χ1) is 13.4. The van der Waals surface area contributed by atoms with Gasteiger partial charge in [0, 0.05) is 23.6 Å². The molecule has 0 saturated heterocycles. The zero-order valence-corrected chi connectivity index (χ0v) is 17.1. The zero-order valence-electron chi connectivity index (χ0n) is 14.7. The molecule has 2 N–H and O–H groups in total. The van der Waals surface area contributed by atoms with Gasteiger partial charge in [0.1, 0.15) is 5.75 Å². The Morgan fingerprint density at radius 3 is 2.46 bits per heavy atom. The number of carbonyl (C=O) groups is 1. The molecule has 28 heavy (non-hydrogen) atoms. The van der Waals surface area contributed by atoms with Crippen molar-refractivity contribution >= 4 is 43.2 Å².